The van der Waals surface area contributed by atoms with Crippen LogP contribution in [0.2, 0.25) is 0 Å². The second-order valence-corrected chi connectivity index (χ2v) is 7.72. The number of benzene rings is 2. The quantitative estimate of drug-likeness (QED) is 0.639. The van der Waals surface area contributed by atoms with Crippen LogP contribution in [0.25, 0.3) is 0 Å². The fraction of sp³-hybridized carbons (Fsp3) is 0.391. The van der Waals surface area contributed by atoms with Gasteiger partial charge in [0.05, 0.1) is 6.04 Å². The Morgan fingerprint density at radius 3 is 2.48 bits per heavy atom. The van der Waals surface area contributed by atoms with Crippen LogP contribution in [0.1, 0.15) is 35.6 Å². The minimum absolute atomic E-state index is 0.208. The highest BCUT2D eigenvalue weighted by Crippen LogP contribution is 2.28. The number of ether oxygens (including phenoxy) is 1. The molecule has 2 atom stereocenters. The molecule has 0 aliphatic carbocycles. The lowest BCUT2D eigenvalue weighted by molar-refractivity contribution is -0.129. The Hall–Kier alpha value is -2.86. The highest BCUT2D eigenvalue weighted by Gasteiger charge is 2.21. The zero-order chi connectivity index (χ0) is 21.0. The smallest absolute Gasteiger partial charge is 0.242 e. The van der Waals surface area contributed by atoms with E-state index in [1.54, 1.807) is 6.92 Å². The normalized spacial score (nSPS) is 20.8. The van der Waals surface area contributed by atoms with Crippen molar-refractivity contribution in [2.75, 3.05) is 6.54 Å². The number of fused-ring (bicyclic) bond motifs is 11. The number of carbonyl (C=O) groups is 2. The Bertz CT molecular complexity index is 887. The monoisotopic (exact) mass is 395 g/mol. The summed E-state index contributed by atoms with van der Waals surface area (Å²) in [6.45, 7) is 6.19. The molecule has 0 spiro atoms. The van der Waals surface area contributed by atoms with Crippen LogP contribution in [-0.4, -0.2) is 30.4 Å². The predicted molar refractivity (Wildman–Crippen MR) is 113 cm³/mol. The lowest BCUT2D eigenvalue weighted by Crippen LogP contribution is -2.51. The number of nitrogens with one attached hydrogen (secondary N) is 2. The first-order valence-electron chi connectivity index (χ1n) is 10.0. The third-order valence-corrected chi connectivity index (χ3v) is 5.26. The van der Waals surface area contributed by atoms with Gasteiger partial charge >= 0.3 is 0 Å². The molecule has 29 heavy (non-hydrogen) atoms. The Morgan fingerprint density at radius 2 is 1.76 bits per heavy atom. The van der Waals surface area contributed by atoms with E-state index in [9.17, 15) is 9.59 Å². The van der Waals surface area contributed by atoms with Crippen molar-refractivity contribution >= 4 is 11.8 Å². The molecular weight excluding hydrogens is 366 g/mol. The molecule has 2 aliphatic heterocycles. The minimum atomic E-state index is -0.731. The van der Waals surface area contributed by atoms with E-state index in [4.69, 9.17) is 10.5 Å². The maximum absolute atomic E-state index is 12.5. The van der Waals surface area contributed by atoms with E-state index in [1.165, 1.54) is 0 Å². The minimum Gasteiger partial charge on any atom is -0.457 e. The van der Waals surface area contributed by atoms with Crippen molar-refractivity contribution in [1.29, 1.82) is 0 Å². The van der Waals surface area contributed by atoms with Crippen molar-refractivity contribution < 1.29 is 14.3 Å². The van der Waals surface area contributed by atoms with E-state index in [0.717, 1.165) is 46.6 Å². The summed E-state index contributed by atoms with van der Waals surface area (Å²) in [5.41, 5.74) is 10.3. The van der Waals surface area contributed by atoms with Crippen molar-refractivity contribution in [3.63, 3.8) is 0 Å². The molecule has 4 rings (SSSR count). The van der Waals surface area contributed by atoms with Gasteiger partial charge < -0.3 is 21.1 Å². The van der Waals surface area contributed by atoms with E-state index in [2.05, 4.69) is 16.7 Å². The van der Waals surface area contributed by atoms with Crippen LogP contribution in [0.15, 0.2) is 36.4 Å². The molecule has 0 aromatic heterocycles. The van der Waals surface area contributed by atoms with Crippen LogP contribution in [-0.2, 0) is 22.4 Å². The Balaban J connectivity index is 1.91. The molecule has 0 fully saturated rings. The van der Waals surface area contributed by atoms with E-state index in [0.29, 0.717) is 13.0 Å². The summed E-state index contributed by atoms with van der Waals surface area (Å²) in [5, 5.41) is 5.59. The number of nitrogens with two attached hydrogens (primary N) is 1. The fourth-order valence-corrected chi connectivity index (χ4v) is 3.59. The Kier molecular flexibility index (Phi) is 6.54. The van der Waals surface area contributed by atoms with Gasteiger partial charge in [0.2, 0.25) is 11.8 Å². The first-order chi connectivity index (χ1) is 13.8. The number of aryl methyl sites for hydroxylation is 3. The maximum Gasteiger partial charge on any atom is 0.242 e. The summed E-state index contributed by atoms with van der Waals surface area (Å²) in [6, 6.07) is 10.6. The summed E-state index contributed by atoms with van der Waals surface area (Å²) in [4.78, 5) is 24.7. The van der Waals surface area contributed by atoms with Gasteiger partial charge in [-0.25, -0.2) is 0 Å². The van der Waals surface area contributed by atoms with Crippen molar-refractivity contribution in [3.8, 4) is 11.5 Å². The first kappa shape index (κ1) is 20.9. The number of rotatable bonds is 0. The van der Waals surface area contributed by atoms with E-state index in [-0.39, 0.29) is 11.8 Å². The summed E-state index contributed by atoms with van der Waals surface area (Å²) >= 11 is 0. The van der Waals surface area contributed by atoms with Gasteiger partial charge in [0.15, 0.2) is 0 Å². The SMILES string of the molecule is Cc1cc2cc(C)c1C[C@H](N)C(=O)N[C@H](C)C(=O)NCCCc1cccc(c1)O2. The molecule has 6 nitrogen and oxygen atoms in total. The fourth-order valence-electron chi connectivity index (χ4n) is 3.59. The van der Waals surface area contributed by atoms with E-state index >= 15 is 0 Å². The summed E-state index contributed by atoms with van der Waals surface area (Å²) < 4.78 is 6.08. The van der Waals surface area contributed by atoms with Gasteiger partial charge in [-0.1, -0.05) is 12.1 Å². The third-order valence-electron chi connectivity index (χ3n) is 5.26. The molecule has 2 aromatic rings. The zero-order valence-electron chi connectivity index (χ0n) is 17.2. The van der Waals surface area contributed by atoms with Crippen molar-refractivity contribution in [2.24, 2.45) is 5.73 Å². The molecule has 0 saturated carbocycles. The van der Waals surface area contributed by atoms with Gasteiger partial charge in [0.1, 0.15) is 17.5 Å². The van der Waals surface area contributed by atoms with Gasteiger partial charge in [0.25, 0.3) is 0 Å². The largest absolute Gasteiger partial charge is 0.457 e. The lowest BCUT2D eigenvalue weighted by atomic mass is 9.95. The zero-order valence-corrected chi connectivity index (χ0v) is 17.2. The second kappa shape index (κ2) is 9.09. The molecular formula is C23H29N3O3. The molecule has 0 unspecified atom stereocenters. The molecule has 2 amide bonds. The van der Waals surface area contributed by atoms with Crippen LogP contribution >= 0.6 is 0 Å². The van der Waals surface area contributed by atoms with Gasteiger partial charge in [-0.2, -0.15) is 0 Å². The first-order valence-corrected chi connectivity index (χ1v) is 10.0. The molecule has 4 bridgehead atoms. The molecule has 6 heteroatoms. The lowest BCUT2D eigenvalue weighted by Gasteiger charge is -2.20. The van der Waals surface area contributed by atoms with Crippen LogP contribution in [0.3, 0.4) is 0 Å². The van der Waals surface area contributed by atoms with E-state index < -0.39 is 12.1 Å². The summed E-state index contributed by atoms with van der Waals surface area (Å²) in [5.74, 6) is 1.01. The topological polar surface area (TPSA) is 93.5 Å². The number of hydrogen-bond acceptors (Lipinski definition) is 4. The van der Waals surface area contributed by atoms with Crippen LogP contribution in [0, 0.1) is 13.8 Å². The van der Waals surface area contributed by atoms with Crippen LogP contribution in [0.4, 0.5) is 0 Å². The highest BCUT2D eigenvalue weighted by atomic mass is 16.5. The molecule has 0 radical (unpaired) electrons. The van der Waals surface area contributed by atoms with Gasteiger partial charge in [-0.3, -0.25) is 9.59 Å². The maximum atomic E-state index is 12.5. The van der Waals surface area contributed by atoms with Gasteiger partial charge in [0, 0.05) is 6.54 Å². The number of hydrogen-bond donors (Lipinski definition) is 3. The van der Waals surface area contributed by atoms with Gasteiger partial charge in [-0.05, 0) is 86.6 Å². The number of amides is 2. The second-order valence-electron chi connectivity index (χ2n) is 7.72. The summed E-state index contributed by atoms with van der Waals surface area (Å²) in [6.07, 6.45) is 2.01. The third kappa shape index (κ3) is 5.35. The Labute approximate surface area is 171 Å². The van der Waals surface area contributed by atoms with Crippen LogP contribution < -0.4 is 21.1 Å². The highest BCUT2D eigenvalue weighted by molar-refractivity contribution is 5.89. The molecule has 2 aliphatic rings. The standard InChI is InChI=1S/C23H29N3O3/c1-14-10-19-11-15(2)20(14)13-21(24)23(28)26-16(3)22(27)25-9-5-7-17-6-4-8-18(12-17)29-19/h4,6,8,10-12,16,21H,5,7,9,13,24H2,1-3H3,(H,25,27)(H,26,28)/t16-,21+/m1/s1. The number of carbonyl (C=O) groups excluding carboxylic acids is 2. The van der Waals surface area contributed by atoms with Crippen molar-refractivity contribution in [2.45, 2.75) is 52.1 Å². The Morgan fingerprint density at radius 1 is 1.03 bits per heavy atom. The van der Waals surface area contributed by atoms with Crippen molar-refractivity contribution in [1.82, 2.24) is 10.6 Å². The molecule has 2 aromatic carbocycles. The average molecular weight is 396 g/mol. The van der Waals surface area contributed by atoms with Crippen LogP contribution in [0.5, 0.6) is 11.5 Å². The molecule has 4 N–H and O–H groups in total. The predicted octanol–water partition coefficient (Wildman–Crippen LogP) is 2.53. The molecule has 2 heterocycles. The van der Waals surface area contributed by atoms with Crippen molar-refractivity contribution in [3.05, 3.63) is 58.7 Å². The average Bonchev–Trinajstić information content (AvgIpc) is 2.67. The van der Waals surface area contributed by atoms with Gasteiger partial charge in [-0.15, -0.1) is 0 Å². The molecule has 154 valence electrons. The summed E-state index contributed by atoms with van der Waals surface area (Å²) in [7, 11) is 0. The van der Waals surface area contributed by atoms with E-state index in [1.807, 2.05) is 44.2 Å². The molecule has 0 saturated heterocycles.